The second-order valence-electron chi connectivity index (χ2n) is 5.54. The van der Waals surface area contributed by atoms with E-state index in [-0.39, 0.29) is 6.54 Å². The van der Waals surface area contributed by atoms with E-state index in [1.807, 2.05) is 17.9 Å². The zero-order valence-electron chi connectivity index (χ0n) is 11.8. The predicted octanol–water partition coefficient (Wildman–Crippen LogP) is 3.74. The number of rotatable bonds is 5. The fourth-order valence-corrected chi connectivity index (χ4v) is 2.88. The Labute approximate surface area is 118 Å². The SMILES string of the molecule is Cc1cc(CCC2CCCN2CCC(F)(F)F)ccn1. The van der Waals surface area contributed by atoms with Crippen molar-refractivity contribution < 1.29 is 13.2 Å². The molecule has 1 fully saturated rings. The molecule has 1 aliphatic heterocycles. The molecule has 0 N–H and O–H groups in total. The summed E-state index contributed by atoms with van der Waals surface area (Å²) in [6, 6.07) is 4.34. The summed E-state index contributed by atoms with van der Waals surface area (Å²) in [6.45, 7) is 2.90. The molecule has 0 spiro atoms. The van der Waals surface area contributed by atoms with Crippen LogP contribution in [0, 0.1) is 6.92 Å². The van der Waals surface area contributed by atoms with Crippen LogP contribution in [0.15, 0.2) is 18.3 Å². The van der Waals surface area contributed by atoms with Crippen LogP contribution in [0.4, 0.5) is 13.2 Å². The van der Waals surface area contributed by atoms with E-state index < -0.39 is 12.6 Å². The zero-order chi connectivity index (χ0) is 14.6. The second-order valence-corrected chi connectivity index (χ2v) is 5.54. The van der Waals surface area contributed by atoms with Crippen molar-refractivity contribution in [2.45, 2.75) is 51.2 Å². The number of nitrogens with zero attached hydrogens (tertiary/aromatic N) is 2. The Bertz CT molecular complexity index is 431. The largest absolute Gasteiger partial charge is 0.390 e. The van der Waals surface area contributed by atoms with E-state index in [9.17, 15) is 13.2 Å². The molecule has 1 aliphatic rings. The monoisotopic (exact) mass is 286 g/mol. The minimum atomic E-state index is -4.05. The standard InChI is InChI=1S/C15H21F3N2/c1-12-11-13(6-8-19-12)4-5-14-3-2-9-20(14)10-7-15(16,17)18/h6,8,11,14H,2-5,7,9-10H2,1H3. The van der Waals surface area contributed by atoms with Gasteiger partial charge in [0.25, 0.3) is 0 Å². The van der Waals surface area contributed by atoms with E-state index in [0.717, 1.165) is 37.9 Å². The Morgan fingerprint density at radius 3 is 2.90 bits per heavy atom. The van der Waals surface area contributed by atoms with E-state index in [1.165, 1.54) is 5.56 Å². The van der Waals surface area contributed by atoms with E-state index >= 15 is 0 Å². The van der Waals surface area contributed by atoms with Gasteiger partial charge in [0, 0.05) is 24.5 Å². The summed E-state index contributed by atoms with van der Waals surface area (Å²) in [5, 5.41) is 0. The molecule has 0 amide bonds. The van der Waals surface area contributed by atoms with Gasteiger partial charge >= 0.3 is 6.18 Å². The van der Waals surface area contributed by atoms with Crippen molar-refractivity contribution in [1.82, 2.24) is 9.88 Å². The first-order valence-electron chi connectivity index (χ1n) is 7.16. The number of pyridine rings is 1. The van der Waals surface area contributed by atoms with Crippen molar-refractivity contribution in [1.29, 1.82) is 0 Å². The van der Waals surface area contributed by atoms with Gasteiger partial charge in [0.2, 0.25) is 0 Å². The van der Waals surface area contributed by atoms with Crippen molar-refractivity contribution in [3.8, 4) is 0 Å². The lowest BCUT2D eigenvalue weighted by Crippen LogP contribution is -2.33. The summed E-state index contributed by atoms with van der Waals surface area (Å²) in [4.78, 5) is 6.16. The molecule has 0 aliphatic carbocycles. The lowest BCUT2D eigenvalue weighted by Gasteiger charge is -2.25. The molecule has 2 rings (SSSR count). The Kier molecular flexibility index (Phi) is 5.02. The number of aryl methyl sites for hydroxylation is 2. The summed E-state index contributed by atoms with van der Waals surface area (Å²) in [5.74, 6) is 0. The highest BCUT2D eigenvalue weighted by molar-refractivity contribution is 5.15. The first-order valence-corrected chi connectivity index (χ1v) is 7.16. The maximum atomic E-state index is 12.3. The molecule has 0 bridgehead atoms. The fourth-order valence-electron chi connectivity index (χ4n) is 2.88. The van der Waals surface area contributed by atoms with Crippen LogP contribution >= 0.6 is 0 Å². The Morgan fingerprint density at radius 2 is 2.20 bits per heavy atom. The van der Waals surface area contributed by atoms with Crippen LogP contribution in [0.2, 0.25) is 0 Å². The first-order chi connectivity index (χ1) is 9.44. The molecular formula is C15H21F3N2. The molecule has 1 aromatic rings. The third kappa shape index (κ3) is 4.78. The smallest absolute Gasteiger partial charge is 0.300 e. The molecule has 1 unspecified atom stereocenters. The summed E-state index contributed by atoms with van der Waals surface area (Å²) < 4.78 is 36.9. The van der Waals surface area contributed by atoms with Crippen molar-refractivity contribution in [2.75, 3.05) is 13.1 Å². The fraction of sp³-hybridized carbons (Fsp3) is 0.667. The molecule has 0 radical (unpaired) electrons. The lowest BCUT2D eigenvalue weighted by atomic mass is 10.0. The second kappa shape index (κ2) is 6.57. The molecule has 2 nitrogen and oxygen atoms in total. The lowest BCUT2D eigenvalue weighted by molar-refractivity contribution is -0.138. The van der Waals surface area contributed by atoms with Crippen LogP contribution in [-0.2, 0) is 6.42 Å². The van der Waals surface area contributed by atoms with Gasteiger partial charge in [-0.05, 0) is 56.8 Å². The molecule has 112 valence electrons. The third-order valence-electron chi connectivity index (χ3n) is 3.91. The predicted molar refractivity (Wildman–Crippen MR) is 72.6 cm³/mol. The topological polar surface area (TPSA) is 16.1 Å². The van der Waals surface area contributed by atoms with Crippen molar-refractivity contribution in [2.24, 2.45) is 0 Å². The van der Waals surface area contributed by atoms with Crippen LogP contribution in [0.3, 0.4) is 0 Å². The van der Waals surface area contributed by atoms with Crippen LogP contribution in [0.25, 0.3) is 0 Å². The molecule has 5 heteroatoms. The van der Waals surface area contributed by atoms with Crippen LogP contribution in [0.5, 0.6) is 0 Å². The van der Waals surface area contributed by atoms with E-state index in [4.69, 9.17) is 0 Å². The highest BCUT2D eigenvalue weighted by Gasteiger charge is 2.31. The van der Waals surface area contributed by atoms with Crippen molar-refractivity contribution in [3.63, 3.8) is 0 Å². The number of hydrogen-bond acceptors (Lipinski definition) is 2. The Hall–Kier alpha value is -1.10. The van der Waals surface area contributed by atoms with Gasteiger partial charge in [0.1, 0.15) is 0 Å². The van der Waals surface area contributed by atoms with E-state index in [0.29, 0.717) is 6.04 Å². The molecule has 0 saturated carbocycles. The normalized spacial score (nSPS) is 20.5. The quantitative estimate of drug-likeness (QED) is 0.819. The number of aromatic nitrogens is 1. The molecule has 0 aromatic carbocycles. The number of likely N-dealkylation sites (tertiary alicyclic amines) is 1. The van der Waals surface area contributed by atoms with E-state index in [2.05, 4.69) is 11.1 Å². The molecule has 1 saturated heterocycles. The summed E-state index contributed by atoms with van der Waals surface area (Å²) in [6.07, 6.45) is 0.922. The van der Waals surface area contributed by atoms with Gasteiger partial charge in [-0.2, -0.15) is 13.2 Å². The summed E-state index contributed by atoms with van der Waals surface area (Å²) >= 11 is 0. The molecule has 1 atom stereocenters. The van der Waals surface area contributed by atoms with Gasteiger partial charge in [0.15, 0.2) is 0 Å². The summed E-state index contributed by atoms with van der Waals surface area (Å²) in [7, 11) is 0. The zero-order valence-corrected chi connectivity index (χ0v) is 11.8. The number of halogens is 3. The van der Waals surface area contributed by atoms with Crippen LogP contribution < -0.4 is 0 Å². The summed E-state index contributed by atoms with van der Waals surface area (Å²) in [5.41, 5.74) is 2.21. The Balaban J connectivity index is 1.82. The van der Waals surface area contributed by atoms with Gasteiger partial charge in [0.05, 0.1) is 6.42 Å². The first kappa shape index (κ1) is 15.3. The maximum absolute atomic E-state index is 12.3. The average molecular weight is 286 g/mol. The highest BCUT2D eigenvalue weighted by atomic mass is 19.4. The highest BCUT2D eigenvalue weighted by Crippen LogP contribution is 2.26. The van der Waals surface area contributed by atoms with Gasteiger partial charge in [-0.15, -0.1) is 0 Å². The number of alkyl halides is 3. The minimum absolute atomic E-state index is 0.142. The molecule has 1 aromatic heterocycles. The van der Waals surface area contributed by atoms with Crippen LogP contribution in [-0.4, -0.2) is 35.2 Å². The van der Waals surface area contributed by atoms with Gasteiger partial charge in [-0.25, -0.2) is 0 Å². The van der Waals surface area contributed by atoms with E-state index in [1.54, 1.807) is 6.20 Å². The Morgan fingerprint density at radius 1 is 1.40 bits per heavy atom. The van der Waals surface area contributed by atoms with Crippen LogP contribution in [0.1, 0.15) is 36.9 Å². The molecular weight excluding hydrogens is 265 g/mol. The van der Waals surface area contributed by atoms with Crippen molar-refractivity contribution >= 4 is 0 Å². The third-order valence-corrected chi connectivity index (χ3v) is 3.91. The van der Waals surface area contributed by atoms with Crippen molar-refractivity contribution in [3.05, 3.63) is 29.6 Å². The van der Waals surface area contributed by atoms with Gasteiger partial charge in [-0.3, -0.25) is 4.98 Å². The maximum Gasteiger partial charge on any atom is 0.390 e. The average Bonchev–Trinajstić information content (AvgIpc) is 2.81. The van der Waals surface area contributed by atoms with Gasteiger partial charge in [-0.1, -0.05) is 0 Å². The number of hydrogen-bond donors (Lipinski definition) is 0. The molecule has 20 heavy (non-hydrogen) atoms. The van der Waals surface area contributed by atoms with Gasteiger partial charge < -0.3 is 4.90 Å². The molecule has 2 heterocycles. The minimum Gasteiger partial charge on any atom is -0.300 e.